The fraction of sp³-hybridized carbons (Fsp3) is 0.111. The van der Waals surface area contributed by atoms with E-state index in [1.807, 2.05) is 22.6 Å². The first-order chi connectivity index (χ1) is 13.9. The predicted octanol–water partition coefficient (Wildman–Crippen LogP) is 4.40. The molecule has 0 aromatic heterocycles. The SMILES string of the molecule is C=Cc1ccc(C(=O)Oc2c(I)cc(I)cc2C(=O)OCC(F)(F)S(=O)(=O)O)cc1. The Morgan fingerprint density at radius 1 is 1.13 bits per heavy atom. The van der Waals surface area contributed by atoms with Gasteiger partial charge in [-0.1, -0.05) is 24.8 Å². The fourth-order valence-electron chi connectivity index (χ4n) is 2.02. The van der Waals surface area contributed by atoms with Gasteiger partial charge in [0, 0.05) is 3.57 Å². The molecular weight excluding hydrogens is 652 g/mol. The third kappa shape index (κ3) is 5.95. The predicted molar refractivity (Wildman–Crippen MR) is 120 cm³/mol. The molecule has 0 radical (unpaired) electrons. The number of hydrogen-bond donors (Lipinski definition) is 1. The molecule has 7 nitrogen and oxygen atoms in total. The Bertz CT molecular complexity index is 1100. The van der Waals surface area contributed by atoms with Crippen molar-refractivity contribution in [2.24, 2.45) is 0 Å². The number of carbonyl (C=O) groups excluding carboxylic acids is 2. The van der Waals surface area contributed by atoms with Gasteiger partial charge in [0.05, 0.1) is 9.13 Å². The maximum absolute atomic E-state index is 13.3. The Balaban J connectivity index is 2.31. The highest BCUT2D eigenvalue weighted by Gasteiger charge is 2.45. The summed E-state index contributed by atoms with van der Waals surface area (Å²) in [6.45, 7) is 1.68. The van der Waals surface area contributed by atoms with Crippen LogP contribution < -0.4 is 4.74 Å². The van der Waals surface area contributed by atoms with Crippen LogP contribution in [0.25, 0.3) is 6.08 Å². The van der Waals surface area contributed by atoms with Crippen LogP contribution in [0.1, 0.15) is 26.3 Å². The van der Waals surface area contributed by atoms with Gasteiger partial charge in [-0.25, -0.2) is 9.59 Å². The van der Waals surface area contributed by atoms with E-state index in [-0.39, 0.29) is 16.9 Å². The second-order valence-corrected chi connectivity index (χ2v) is 9.62. The van der Waals surface area contributed by atoms with E-state index in [0.717, 1.165) is 5.56 Å². The second-order valence-electron chi connectivity index (χ2n) is 5.67. The second kappa shape index (κ2) is 9.65. The minimum atomic E-state index is -5.77. The van der Waals surface area contributed by atoms with Crippen molar-refractivity contribution >= 4 is 73.3 Å². The normalized spacial score (nSPS) is 11.6. The topological polar surface area (TPSA) is 107 Å². The maximum Gasteiger partial charge on any atom is 0.402 e. The Labute approximate surface area is 197 Å². The summed E-state index contributed by atoms with van der Waals surface area (Å²) in [5.74, 6) is -2.42. The van der Waals surface area contributed by atoms with Crippen molar-refractivity contribution in [2.45, 2.75) is 5.25 Å². The molecule has 0 fully saturated rings. The maximum atomic E-state index is 13.3. The number of rotatable bonds is 7. The molecule has 0 amide bonds. The summed E-state index contributed by atoms with van der Waals surface area (Å²) < 4.78 is 67.0. The van der Waals surface area contributed by atoms with Gasteiger partial charge in [-0.2, -0.15) is 17.2 Å². The molecule has 2 rings (SSSR count). The van der Waals surface area contributed by atoms with Crippen LogP contribution in [-0.4, -0.2) is 36.8 Å². The van der Waals surface area contributed by atoms with E-state index in [4.69, 9.17) is 9.29 Å². The molecule has 2 aromatic carbocycles. The van der Waals surface area contributed by atoms with E-state index < -0.39 is 33.9 Å². The highest BCUT2D eigenvalue weighted by atomic mass is 127. The molecule has 0 bridgehead atoms. The quantitative estimate of drug-likeness (QED) is 0.203. The van der Waals surface area contributed by atoms with Gasteiger partial charge in [0.1, 0.15) is 5.56 Å². The van der Waals surface area contributed by atoms with Gasteiger partial charge in [0.15, 0.2) is 12.4 Å². The van der Waals surface area contributed by atoms with Gasteiger partial charge < -0.3 is 9.47 Å². The van der Waals surface area contributed by atoms with E-state index in [1.54, 1.807) is 46.9 Å². The average Bonchev–Trinajstić information content (AvgIpc) is 2.67. The molecule has 0 aliphatic carbocycles. The van der Waals surface area contributed by atoms with Crippen LogP contribution in [-0.2, 0) is 14.9 Å². The lowest BCUT2D eigenvalue weighted by Gasteiger charge is -2.15. The van der Waals surface area contributed by atoms with Crippen molar-refractivity contribution < 1.29 is 40.8 Å². The van der Waals surface area contributed by atoms with Crippen LogP contribution in [0.4, 0.5) is 8.78 Å². The summed E-state index contributed by atoms with van der Waals surface area (Å²) in [5.41, 5.74) is 0.556. The fourth-order valence-corrected chi connectivity index (χ4v) is 4.19. The van der Waals surface area contributed by atoms with Crippen molar-refractivity contribution in [1.82, 2.24) is 0 Å². The first-order valence-corrected chi connectivity index (χ1v) is 11.4. The number of halogens is 4. The molecule has 0 spiro atoms. The summed E-state index contributed by atoms with van der Waals surface area (Å²) in [4.78, 5) is 24.7. The van der Waals surface area contributed by atoms with Crippen molar-refractivity contribution in [1.29, 1.82) is 0 Å². The molecule has 12 heteroatoms. The molecule has 160 valence electrons. The van der Waals surface area contributed by atoms with Crippen LogP contribution in [0.5, 0.6) is 5.75 Å². The molecule has 0 saturated carbocycles. The third-order valence-electron chi connectivity index (χ3n) is 3.55. The van der Waals surface area contributed by atoms with Crippen molar-refractivity contribution in [3.8, 4) is 5.75 Å². The van der Waals surface area contributed by atoms with Crippen LogP contribution >= 0.6 is 45.2 Å². The van der Waals surface area contributed by atoms with Crippen LogP contribution in [0.2, 0.25) is 0 Å². The zero-order chi connectivity index (χ0) is 22.7. The van der Waals surface area contributed by atoms with Gasteiger partial charge in [0.2, 0.25) is 0 Å². The summed E-state index contributed by atoms with van der Waals surface area (Å²) in [5, 5.41) is -4.69. The monoisotopic (exact) mass is 664 g/mol. The van der Waals surface area contributed by atoms with Crippen molar-refractivity contribution in [2.75, 3.05) is 6.61 Å². The molecule has 0 atom stereocenters. The summed E-state index contributed by atoms with van der Waals surface area (Å²) >= 11 is 3.62. The van der Waals surface area contributed by atoms with Gasteiger partial charge in [-0.3, -0.25) is 4.55 Å². The zero-order valence-electron chi connectivity index (χ0n) is 14.8. The minimum Gasteiger partial charge on any atom is -0.454 e. The summed E-state index contributed by atoms with van der Waals surface area (Å²) in [6, 6.07) is 8.98. The lowest BCUT2D eigenvalue weighted by molar-refractivity contribution is -0.00969. The number of benzene rings is 2. The number of ether oxygens (including phenoxy) is 2. The number of hydrogen-bond acceptors (Lipinski definition) is 6. The van der Waals surface area contributed by atoms with E-state index in [0.29, 0.717) is 7.14 Å². The molecule has 0 heterocycles. The zero-order valence-corrected chi connectivity index (χ0v) is 19.9. The minimum absolute atomic E-state index is 0.159. The lowest BCUT2D eigenvalue weighted by Crippen LogP contribution is -2.34. The highest BCUT2D eigenvalue weighted by molar-refractivity contribution is 14.1. The van der Waals surface area contributed by atoms with E-state index in [9.17, 15) is 26.8 Å². The molecule has 0 aliphatic heterocycles. The van der Waals surface area contributed by atoms with Crippen molar-refractivity contribution in [3.05, 3.63) is 66.8 Å². The van der Waals surface area contributed by atoms with E-state index in [2.05, 4.69) is 11.3 Å². The first kappa shape index (κ1) is 24.6. The number of alkyl halides is 2. The molecule has 1 N–H and O–H groups in total. The molecule has 2 aromatic rings. The van der Waals surface area contributed by atoms with Crippen LogP contribution in [0.15, 0.2) is 43.0 Å². The van der Waals surface area contributed by atoms with Crippen LogP contribution in [0.3, 0.4) is 0 Å². The van der Waals surface area contributed by atoms with Gasteiger partial charge >= 0.3 is 27.3 Å². The Kier molecular flexibility index (Phi) is 7.92. The standard InChI is InChI=1S/C18H12F2I2O7S/c1-2-10-3-5-11(6-4-10)16(23)29-15-13(7-12(21)8-14(15)22)17(24)28-9-18(19,20)30(25,26)27/h2-8H,1,9H2,(H,25,26,27). The molecule has 0 unspecified atom stereocenters. The van der Waals surface area contributed by atoms with Crippen LogP contribution in [0, 0.1) is 7.14 Å². The molecule has 0 aliphatic rings. The average molecular weight is 664 g/mol. The lowest BCUT2D eigenvalue weighted by atomic mass is 10.1. The molecule has 0 saturated heterocycles. The first-order valence-electron chi connectivity index (χ1n) is 7.81. The van der Waals surface area contributed by atoms with Gasteiger partial charge in [-0.05, 0) is 75.0 Å². The summed E-state index contributed by atoms with van der Waals surface area (Å²) in [7, 11) is -5.77. The molecular formula is C18H12F2I2O7S. The number of carbonyl (C=O) groups is 2. The van der Waals surface area contributed by atoms with Gasteiger partial charge in [0.25, 0.3) is 0 Å². The summed E-state index contributed by atoms with van der Waals surface area (Å²) in [6.07, 6.45) is 1.58. The van der Waals surface area contributed by atoms with Gasteiger partial charge in [-0.15, -0.1) is 0 Å². The number of esters is 2. The van der Waals surface area contributed by atoms with E-state index >= 15 is 0 Å². The molecule has 30 heavy (non-hydrogen) atoms. The van der Waals surface area contributed by atoms with E-state index in [1.165, 1.54) is 18.2 Å². The van der Waals surface area contributed by atoms with Crippen molar-refractivity contribution in [3.63, 3.8) is 0 Å². The Hall–Kier alpha value is -1.65. The smallest absolute Gasteiger partial charge is 0.402 e. The highest BCUT2D eigenvalue weighted by Crippen LogP contribution is 2.31. The largest absolute Gasteiger partial charge is 0.454 e. The third-order valence-corrected chi connectivity index (χ3v) is 5.85. The Morgan fingerprint density at radius 2 is 1.73 bits per heavy atom. The Morgan fingerprint density at radius 3 is 2.27 bits per heavy atom.